The predicted octanol–water partition coefficient (Wildman–Crippen LogP) is 5.48. The highest BCUT2D eigenvalue weighted by Crippen LogP contribution is 2.51. The van der Waals surface area contributed by atoms with E-state index in [9.17, 15) is 20.0 Å². The zero-order valence-electron chi connectivity index (χ0n) is 17.7. The fourth-order valence-electron chi connectivity index (χ4n) is 3.98. The summed E-state index contributed by atoms with van der Waals surface area (Å²) in [6, 6.07) is 6.27. The smallest absolute Gasteiger partial charge is 0.334 e. The molecule has 0 amide bonds. The summed E-state index contributed by atoms with van der Waals surface area (Å²) in [6.45, 7) is 7.94. The SMILES string of the molecule is COC(C)c1sc2c(c1CC(C)C)C(c1cccc([N+](=O)[O-])c1)C(C(=O)O)=C(C)N2. The van der Waals surface area contributed by atoms with Crippen LogP contribution in [0.2, 0.25) is 0 Å². The minimum atomic E-state index is -1.04. The number of aliphatic carboxylic acids is 1. The van der Waals surface area contributed by atoms with Crippen LogP contribution in [0.25, 0.3) is 0 Å². The van der Waals surface area contributed by atoms with E-state index in [1.54, 1.807) is 37.5 Å². The van der Waals surface area contributed by atoms with Gasteiger partial charge in [0.1, 0.15) is 0 Å². The highest BCUT2D eigenvalue weighted by molar-refractivity contribution is 7.16. The van der Waals surface area contributed by atoms with Crippen molar-refractivity contribution in [1.29, 1.82) is 0 Å². The Kier molecular flexibility index (Phi) is 6.28. The monoisotopic (exact) mass is 430 g/mol. The fourth-order valence-corrected chi connectivity index (χ4v) is 5.34. The van der Waals surface area contributed by atoms with Gasteiger partial charge in [0.15, 0.2) is 0 Å². The molecule has 8 heteroatoms. The maximum absolute atomic E-state index is 12.3. The number of rotatable bonds is 7. The Morgan fingerprint density at radius 2 is 2.07 bits per heavy atom. The summed E-state index contributed by atoms with van der Waals surface area (Å²) in [5.74, 6) is -1.29. The van der Waals surface area contributed by atoms with Gasteiger partial charge in [0.2, 0.25) is 0 Å². The van der Waals surface area contributed by atoms with Gasteiger partial charge >= 0.3 is 5.97 Å². The molecule has 2 unspecified atom stereocenters. The highest BCUT2D eigenvalue weighted by atomic mass is 32.1. The molecule has 2 heterocycles. The number of nitro benzene ring substituents is 1. The molecule has 1 aliphatic heterocycles. The summed E-state index contributed by atoms with van der Waals surface area (Å²) in [7, 11) is 1.65. The van der Waals surface area contributed by atoms with Crippen LogP contribution in [0.4, 0.5) is 10.7 Å². The molecule has 3 rings (SSSR count). The molecule has 0 fully saturated rings. The summed E-state index contributed by atoms with van der Waals surface area (Å²) < 4.78 is 5.59. The van der Waals surface area contributed by atoms with Crippen LogP contribution in [0.1, 0.15) is 61.3 Å². The Morgan fingerprint density at radius 1 is 1.37 bits per heavy atom. The molecular weight excluding hydrogens is 404 g/mol. The molecule has 160 valence electrons. The van der Waals surface area contributed by atoms with E-state index in [1.807, 2.05) is 6.92 Å². The lowest BCUT2D eigenvalue weighted by Crippen LogP contribution is -2.23. The zero-order valence-corrected chi connectivity index (χ0v) is 18.5. The predicted molar refractivity (Wildman–Crippen MR) is 117 cm³/mol. The van der Waals surface area contributed by atoms with Gasteiger partial charge in [-0.1, -0.05) is 26.0 Å². The Labute approximate surface area is 179 Å². The first-order valence-electron chi connectivity index (χ1n) is 9.79. The maximum Gasteiger partial charge on any atom is 0.334 e. The van der Waals surface area contributed by atoms with E-state index in [0.717, 1.165) is 27.4 Å². The molecule has 1 aromatic carbocycles. The number of carboxylic acid groups (broad SMARTS) is 1. The molecule has 2 aromatic rings. The lowest BCUT2D eigenvalue weighted by Gasteiger charge is -2.28. The van der Waals surface area contributed by atoms with E-state index in [0.29, 0.717) is 17.2 Å². The number of nitro groups is 1. The van der Waals surface area contributed by atoms with Gasteiger partial charge in [-0.15, -0.1) is 11.3 Å². The fraction of sp³-hybridized carbons (Fsp3) is 0.409. The Morgan fingerprint density at radius 3 is 2.63 bits per heavy atom. The van der Waals surface area contributed by atoms with Crippen LogP contribution < -0.4 is 5.32 Å². The van der Waals surface area contributed by atoms with Crippen molar-refractivity contribution in [2.75, 3.05) is 12.4 Å². The summed E-state index contributed by atoms with van der Waals surface area (Å²) in [6.07, 6.45) is 0.615. The van der Waals surface area contributed by atoms with Crippen molar-refractivity contribution in [3.63, 3.8) is 0 Å². The molecule has 2 atom stereocenters. The average Bonchev–Trinajstić information content (AvgIpc) is 3.03. The summed E-state index contributed by atoms with van der Waals surface area (Å²) >= 11 is 1.57. The number of hydrogen-bond donors (Lipinski definition) is 2. The lowest BCUT2D eigenvalue weighted by molar-refractivity contribution is -0.384. The first-order valence-corrected chi connectivity index (χ1v) is 10.6. The molecule has 1 aromatic heterocycles. The Balaban J connectivity index is 2.32. The van der Waals surface area contributed by atoms with Crippen LogP contribution in [0, 0.1) is 16.0 Å². The number of nitrogens with one attached hydrogen (secondary N) is 1. The molecule has 1 aliphatic rings. The van der Waals surface area contributed by atoms with Crippen LogP contribution >= 0.6 is 11.3 Å². The van der Waals surface area contributed by atoms with E-state index in [2.05, 4.69) is 19.2 Å². The van der Waals surface area contributed by atoms with Crippen molar-refractivity contribution in [3.8, 4) is 0 Å². The number of allylic oxidation sites excluding steroid dienone is 1. The molecule has 0 saturated heterocycles. The molecule has 0 aliphatic carbocycles. The number of hydrogen-bond acceptors (Lipinski definition) is 6. The summed E-state index contributed by atoms with van der Waals surface area (Å²) in [5, 5.41) is 25.5. The Hall–Kier alpha value is -2.71. The molecule has 0 saturated carbocycles. The zero-order chi connectivity index (χ0) is 22.2. The van der Waals surface area contributed by atoms with Crippen LogP contribution in [0.15, 0.2) is 35.5 Å². The standard InChI is InChI=1S/C22H26N2O5S/c1-11(2)9-16-19-18(14-7-6-8-15(10-14)24(27)28)17(22(25)26)12(3)23-21(19)30-20(16)13(4)29-5/h6-8,10-11,13,18,23H,9H2,1-5H3,(H,25,26). The van der Waals surface area contributed by atoms with E-state index in [-0.39, 0.29) is 17.4 Å². The van der Waals surface area contributed by atoms with Crippen LogP contribution in [-0.2, 0) is 16.0 Å². The molecule has 0 spiro atoms. The van der Waals surface area contributed by atoms with Gasteiger partial charge in [-0.3, -0.25) is 10.1 Å². The van der Waals surface area contributed by atoms with E-state index < -0.39 is 16.8 Å². The number of carbonyl (C=O) groups is 1. The van der Waals surface area contributed by atoms with Gasteiger partial charge < -0.3 is 15.2 Å². The van der Waals surface area contributed by atoms with Gasteiger partial charge in [-0.2, -0.15) is 0 Å². The first-order chi connectivity index (χ1) is 14.1. The second kappa shape index (κ2) is 8.57. The third-order valence-corrected chi connectivity index (χ3v) is 6.67. The highest BCUT2D eigenvalue weighted by Gasteiger charge is 2.37. The molecule has 7 nitrogen and oxygen atoms in total. The summed E-state index contributed by atoms with van der Waals surface area (Å²) in [4.78, 5) is 24.2. The molecular formula is C22H26N2O5S. The number of methoxy groups -OCH3 is 1. The molecule has 0 radical (unpaired) electrons. The number of fused-ring (bicyclic) bond motifs is 1. The minimum absolute atomic E-state index is 0.0545. The van der Waals surface area contributed by atoms with Crippen molar-refractivity contribution < 1.29 is 19.6 Å². The van der Waals surface area contributed by atoms with E-state index in [4.69, 9.17) is 4.74 Å². The average molecular weight is 431 g/mol. The van der Waals surface area contributed by atoms with Gasteiger partial charge in [0.05, 0.1) is 21.6 Å². The van der Waals surface area contributed by atoms with E-state index >= 15 is 0 Å². The topological polar surface area (TPSA) is 102 Å². The number of benzene rings is 1. The number of carboxylic acids is 1. The number of anilines is 1. The quantitative estimate of drug-likeness (QED) is 0.446. The van der Waals surface area contributed by atoms with Crippen molar-refractivity contribution in [2.24, 2.45) is 5.92 Å². The summed E-state index contributed by atoms with van der Waals surface area (Å²) in [5.41, 5.74) is 3.25. The maximum atomic E-state index is 12.3. The molecule has 30 heavy (non-hydrogen) atoms. The van der Waals surface area contributed by atoms with E-state index in [1.165, 1.54) is 12.1 Å². The Bertz CT molecular complexity index is 1020. The van der Waals surface area contributed by atoms with Crippen molar-refractivity contribution in [2.45, 2.75) is 46.1 Å². The largest absolute Gasteiger partial charge is 0.478 e. The first kappa shape index (κ1) is 22.0. The number of nitrogens with zero attached hydrogens (tertiary/aromatic N) is 1. The van der Waals surface area contributed by atoms with Gasteiger partial charge in [0, 0.05) is 41.3 Å². The molecule has 2 N–H and O–H groups in total. The van der Waals surface area contributed by atoms with Crippen LogP contribution in [-0.4, -0.2) is 23.1 Å². The van der Waals surface area contributed by atoms with Crippen LogP contribution in [0.3, 0.4) is 0 Å². The van der Waals surface area contributed by atoms with Crippen molar-refractivity contribution in [3.05, 3.63) is 67.2 Å². The minimum Gasteiger partial charge on any atom is -0.478 e. The van der Waals surface area contributed by atoms with Crippen molar-refractivity contribution in [1.82, 2.24) is 0 Å². The van der Waals surface area contributed by atoms with Gasteiger partial charge in [-0.05, 0) is 37.3 Å². The second-order valence-electron chi connectivity index (χ2n) is 7.92. The second-order valence-corrected chi connectivity index (χ2v) is 8.97. The number of non-ortho nitro benzene ring substituents is 1. The molecule has 0 bridgehead atoms. The van der Waals surface area contributed by atoms with Gasteiger partial charge in [0.25, 0.3) is 5.69 Å². The lowest BCUT2D eigenvalue weighted by atomic mass is 9.79. The van der Waals surface area contributed by atoms with Gasteiger partial charge in [-0.25, -0.2) is 4.79 Å². The third-order valence-electron chi connectivity index (χ3n) is 5.34. The number of thiophene rings is 1. The third kappa shape index (κ3) is 3.97. The van der Waals surface area contributed by atoms with Crippen molar-refractivity contribution >= 4 is 28.0 Å². The van der Waals surface area contributed by atoms with Crippen LogP contribution in [0.5, 0.6) is 0 Å². The normalized spacial score (nSPS) is 16.9. The number of ether oxygens (including phenoxy) is 1.